The van der Waals surface area contributed by atoms with Crippen molar-refractivity contribution in [3.8, 4) is 0 Å². The SMILES string of the molecule is CC(=O)NC1[C@H](OCCCCC(=O)CCCCNC(=O)CCOCC(COCCC(=O)NCCCNC(=O)CCCCO[C@@H]2OC(CO)[C@@H](O)[C@H](O)C2NC(C)=O)(COCCC(=O)NCCCNC(=O)CCCCO[C@@H]2OC(CO)[C@@H](O)[C@H](O)C2NC(C)=O)NC(=O)CCCCCCCCCCC(=O)CCCCCCCOP(C)(C)=O)OC(CO)[C@@H](O)[C@@H]1O. The molecule has 3 rings (SSSR count). The molecule has 124 heavy (non-hydrogen) atoms. The highest BCUT2D eigenvalue weighted by atomic mass is 31.2. The van der Waals surface area contributed by atoms with Crippen molar-refractivity contribution in [2.45, 2.75) is 330 Å². The Hall–Kier alpha value is -5.96. The fourth-order valence-electron chi connectivity index (χ4n) is 13.9. The fourth-order valence-corrected chi connectivity index (χ4v) is 14.5. The van der Waals surface area contributed by atoms with Gasteiger partial charge in [-0.15, -0.1) is 0 Å². The molecule has 41 heteroatoms. The van der Waals surface area contributed by atoms with Crippen molar-refractivity contribution >= 4 is 72.1 Å². The number of hydrogen-bond acceptors (Lipinski definition) is 31. The maximum atomic E-state index is 14.1. The second kappa shape index (κ2) is 66.4. The molecule has 0 aliphatic carbocycles. The number of ether oxygens (including phenoxy) is 9. The molecule has 9 amide bonds. The molecule has 3 aliphatic heterocycles. The van der Waals surface area contributed by atoms with E-state index >= 15 is 0 Å². The minimum absolute atomic E-state index is 0.00147. The standard InChI is InChI=1S/C83H150N9O31P/c1-57(96)89-71-77(110)74(107)62(51-93)121-80(71)117-44-24-19-32-61(100)31-18-22-39-84-67(103)36-48-114-54-83(92-70(106)35-17-13-9-7-6-8-11-15-29-60(99)30-16-12-10-14-23-47-120-124(4,5)113,55-115-49-37-68(104)87-42-27-40-85-65(101)33-20-25-45-118-81-72(90-58(2)97)78(111)75(108)63(52-94)122-81)56-116-50-38-69(105)88-43-28-41-86-66(102)34-21-26-46-119-82-73(91-59(3)98)79(112)76(109)64(53-95)123-82/h62-64,71-82,93-95,107-112H,6-56H2,1-5H3,(H,84,103)(H,85,101)(H,86,102)(H,87,104)(H,88,105)(H,89,96)(H,90,97)(H,91,98)(H,92,106)/t62?,63?,64?,71?,72?,73?,74-,75-,76-,77-,78-,79-,80-,81-,82-,83?/m1/s1. The third-order valence-corrected chi connectivity index (χ3v) is 21.6. The molecule has 0 radical (unpaired) electrons. The summed E-state index contributed by atoms with van der Waals surface area (Å²) in [6.07, 6.45) is 1.92. The normalized spacial score (nSPS) is 23.1. The van der Waals surface area contributed by atoms with E-state index in [1.807, 2.05) is 0 Å². The van der Waals surface area contributed by atoms with Gasteiger partial charge < -0.3 is 141 Å². The van der Waals surface area contributed by atoms with Gasteiger partial charge in [-0.2, -0.15) is 0 Å². The van der Waals surface area contributed by atoms with Gasteiger partial charge in [0.25, 0.3) is 0 Å². The molecule has 0 aromatic heterocycles. The molecular weight excluding hydrogens is 1650 g/mol. The Morgan fingerprint density at radius 3 is 0.887 bits per heavy atom. The Balaban J connectivity index is 1.59. The van der Waals surface area contributed by atoms with E-state index < -0.39 is 142 Å². The monoisotopic (exact) mass is 1800 g/mol. The summed E-state index contributed by atoms with van der Waals surface area (Å²) in [7, 11) is -2.47. The van der Waals surface area contributed by atoms with Gasteiger partial charge in [-0.3, -0.25) is 57.3 Å². The van der Waals surface area contributed by atoms with E-state index in [2.05, 4.69) is 47.9 Å². The highest BCUT2D eigenvalue weighted by molar-refractivity contribution is 7.57. The van der Waals surface area contributed by atoms with Crippen molar-refractivity contribution in [3.05, 3.63) is 0 Å². The Labute approximate surface area is 729 Å². The second-order valence-corrected chi connectivity index (χ2v) is 35.2. The smallest absolute Gasteiger partial charge is 0.222 e. The second-order valence-electron chi connectivity index (χ2n) is 32.4. The van der Waals surface area contributed by atoms with Crippen LogP contribution in [0.4, 0.5) is 0 Å². The van der Waals surface area contributed by atoms with Crippen LogP contribution in [0.1, 0.15) is 233 Å². The Kier molecular flexibility index (Phi) is 60.1. The number of amides is 9. The molecule has 40 nitrogen and oxygen atoms in total. The average molecular weight is 1800 g/mol. The van der Waals surface area contributed by atoms with E-state index in [0.29, 0.717) is 90.1 Å². The van der Waals surface area contributed by atoms with Crippen molar-refractivity contribution in [2.24, 2.45) is 0 Å². The number of aliphatic hydroxyl groups is 9. The van der Waals surface area contributed by atoms with Gasteiger partial charge in [-0.1, -0.05) is 57.8 Å². The number of ketones is 2. The quantitative estimate of drug-likeness (QED) is 0.0280. The Bertz CT molecular complexity index is 2850. The lowest BCUT2D eigenvalue weighted by molar-refractivity contribution is -0.270. The minimum atomic E-state index is -2.47. The molecule has 3 heterocycles. The zero-order valence-electron chi connectivity index (χ0n) is 73.7. The van der Waals surface area contributed by atoms with E-state index in [1.54, 1.807) is 13.3 Å². The molecule has 6 unspecified atom stereocenters. The fraction of sp³-hybridized carbons (Fsp3) is 0.867. The highest BCUT2D eigenvalue weighted by Crippen LogP contribution is 2.37. The molecule has 0 aromatic carbocycles. The van der Waals surface area contributed by atoms with Crippen LogP contribution in [0.2, 0.25) is 0 Å². The van der Waals surface area contributed by atoms with Gasteiger partial charge >= 0.3 is 0 Å². The zero-order valence-corrected chi connectivity index (χ0v) is 74.6. The summed E-state index contributed by atoms with van der Waals surface area (Å²) in [5.74, 6) is -3.13. The summed E-state index contributed by atoms with van der Waals surface area (Å²) >= 11 is 0. The van der Waals surface area contributed by atoms with E-state index in [4.69, 9.17) is 47.2 Å². The molecule has 3 saturated heterocycles. The number of unbranched alkanes of at least 4 members (excludes halogenated alkanes) is 15. The van der Waals surface area contributed by atoms with Crippen LogP contribution in [-0.2, 0) is 104 Å². The van der Waals surface area contributed by atoms with Crippen LogP contribution in [0.15, 0.2) is 0 Å². The van der Waals surface area contributed by atoms with E-state index in [1.165, 1.54) is 20.8 Å². The Morgan fingerprint density at radius 1 is 0.315 bits per heavy atom. The van der Waals surface area contributed by atoms with Gasteiger partial charge in [0.05, 0.1) is 66.1 Å². The topological polar surface area (TPSA) is 587 Å². The summed E-state index contributed by atoms with van der Waals surface area (Å²) in [5, 5.41) is 116. The van der Waals surface area contributed by atoms with Gasteiger partial charge in [-0.05, 0) is 89.9 Å². The number of Topliss-reactive ketones (excluding diaryl/α,β-unsaturated/α-hetero) is 2. The first-order chi connectivity index (χ1) is 59.3. The largest absolute Gasteiger partial charge is 0.394 e. The number of hydrogen-bond donors (Lipinski definition) is 18. The molecule has 0 bridgehead atoms. The maximum absolute atomic E-state index is 14.1. The summed E-state index contributed by atoms with van der Waals surface area (Å²) < 4.78 is 69.4. The first-order valence-corrected chi connectivity index (χ1v) is 47.0. The third-order valence-electron chi connectivity index (χ3n) is 20.8. The summed E-state index contributed by atoms with van der Waals surface area (Å²) in [6, 6.07) is -3.28. The molecular formula is C83H150N9O31P. The van der Waals surface area contributed by atoms with Gasteiger partial charge in [0.2, 0.25) is 53.2 Å². The van der Waals surface area contributed by atoms with Crippen LogP contribution in [0.25, 0.3) is 0 Å². The molecule has 15 atom stereocenters. The zero-order chi connectivity index (χ0) is 91.5. The molecule has 0 aromatic rings. The number of rotatable bonds is 73. The van der Waals surface area contributed by atoms with Gasteiger partial charge in [0.1, 0.15) is 90.2 Å². The molecule has 0 saturated carbocycles. The van der Waals surface area contributed by atoms with Crippen molar-refractivity contribution in [1.82, 2.24) is 47.9 Å². The lowest BCUT2D eigenvalue weighted by Gasteiger charge is -2.42. The van der Waals surface area contributed by atoms with Gasteiger partial charge in [0.15, 0.2) is 26.2 Å². The van der Waals surface area contributed by atoms with Gasteiger partial charge in [0, 0.05) is 151 Å². The van der Waals surface area contributed by atoms with Crippen molar-refractivity contribution in [3.63, 3.8) is 0 Å². The van der Waals surface area contributed by atoms with Crippen molar-refractivity contribution < 1.29 is 150 Å². The summed E-state index contributed by atoms with van der Waals surface area (Å²) in [6.45, 7) is 5.99. The number of nitrogens with one attached hydrogen (secondary N) is 9. The highest BCUT2D eigenvalue weighted by Gasteiger charge is 2.48. The lowest BCUT2D eigenvalue weighted by Crippen LogP contribution is -2.64. The first kappa shape index (κ1) is 112. The minimum Gasteiger partial charge on any atom is -0.394 e. The number of carbonyl (C=O) groups is 11. The lowest BCUT2D eigenvalue weighted by atomic mass is 9.97. The number of aliphatic hydroxyl groups excluding tert-OH is 9. The third kappa shape index (κ3) is 50.7. The number of carbonyl (C=O) groups excluding carboxylic acids is 11. The van der Waals surface area contributed by atoms with E-state index in [9.17, 15) is 103 Å². The summed E-state index contributed by atoms with van der Waals surface area (Å²) in [5.41, 5.74) is -1.42. The molecule has 0 spiro atoms. The molecule has 3 aliphatic rings. The Morgan fingerprint density at radius 2 is 0.573 bits per heavy atom. The van der Waals surface area contributed by atoms with Crippen LogP contribution in [-0.4, -0.2) is 340 Å². The predicted molar refractivity (Wildman–Crippen MR) is 450 cm³/mol. The van der Waals surface area contributed by atoms with Crippen molar-refractivity contribution in [2.75, 3.05) is 132 Å². The average Bonchev–Trinajstić information content (AvgIpc) is 0.817. The van der Waals surface area contributed by atoms with Crippen LogP contribution in [0, 0.1) is 0 Å². The molecule has 718 valence electrons. The van der Waals surface area contributed by atoms with Crippen LogP contribution < -0.4 is 47.9 Å². The molecule has 18 N–H and O–H groups in total. The summed E-state index contributed by atoms with van der Waals surface area (Å²) in [4.78, 5) is 140. The molecule has 3 fully saturated rings. The first-order valence-electron chi connectivity index (χ1n) is 44.5. The van der Waals surface area contributed by atoms with Crippen LogP contribution >= 0.6 is 7.37 Å². The maximum Gasteiger partial charge on any atom is 0.222 e. The van der Waals surface area contributed by atoms with Gasteiger partial charge in [-0.25, -0.2) is 0 Å². The predicted octanol–water partition coefficient (Wildman–Crippen LogP) is -0.0811. The van der Waals surface area contributed by atoms with Crippen LogP contribution in [0.3, 0.4) is 0 Å². The van der Waals surface area contributed by atoms with E-state index in [-0.39, 0.29) is 191 Å². The van der Waals surface area contributed by atoms with Crippen molar-refractivity contribution in [1.29, 1.82) is 0 Å². The van der Waals surface area contributed by atoms with E-state index in [0.717, 1.165) is 77.0 Å². The van der Waals surface area contributed by atoms with Crippen LogP contribution in [0.5, 0.6) is 0 Å².